The summed E-state index contributed by atoms with van der Waals surface area (Å²) in [5.41, 5.74) is 2.26. The molecule has 0 aliphatic heterocycles. The number of ether oxygens (including phenoxy) is 1. The van der Waals surface area contributed by atoms with Gasteiger partial charge in [0.1, 0.15) is 5.75 Å². The van der Waals surface area contributed by atoms with Crippen molar-refractivity contribution in [1.82, 2.24) is 10.2 Å². The number of nitrogens with zero attached hydrogens (tertiary/aromatic N) is 1. The topological polar surface area (TPSA) is 41.6 Å². The molecule has 3 aromatic rings. The maximum absolute atomic E-state index is 12.4. The number of hydrogen-bond acceptors (Lipinski definition) is 3. The first-order valence-corrected chi connectivity index (χ1v) is 9.14. The van der Waals surface area contributed by atoms with Crippen molar-refractivity contribution in [3.63, 3.8) is 0 Å². The zero-order valence-corrected chi connectivity index (χ0v) is 16.1. The number of nitrogens with one attached hydrogen (secondary N) is 1. The van der Waals surface area contributed by atoms with E-state index in [0.717, 1.165) is 16.9 Å². The fourth-order valence-electron chi connectivity index (χ4n) is 3.19. The summed E-state index contributed by atoms with van der Waals surface area (Å²) in [4.78, 5) is 14.4. The molecule has 0 aliphatic carbocycles. The standard InChI is InChI=1S/C23H26N2O2/c1-17(20-11-10-19-6-4-5-7-21(19)14-20)24-23(26)16-25(2)15-18-8-12-22(27-3)13-9-18/h4-14,17H,15-16H2,1-3H3,(H,24,26)/t17-/m1/s1. The zero-order chi connectivity index (χ0) is 19.2. The largest absolute Gasteiger partial charge is 0.497 e. The molecule has 0 spiro atoms. The highest BCUT2D eigenvalue weighted by molar-refractivity contribution is 5.83. The maximum atomic E-state index is 12.4. The number of fused-ring (bicyclic) bond motifs is 1. The second-order valence-corrected chi connectivity index (χ2v) is 6.92. The lowest BCUT2D eigenvalue weighted by molar-refractivity contribution is -0.122. The maximum Gasteiger partial charge on any atom is 0.234 e. The molecule has 0 fully saturated rings. The Kier molecular flexibility index (Phi) is 6.09. The van der Waals surface area contributed by atoms with Crippen molar-refractivity contribution >= 4 is 16.7 Å². The van der Waals surface area contributed by atoms with E-state index in [2.05, 4.69) is 35.6 Å². The number of rotatable bonds is 7. The van der Waals surface area contributed by atoms with E-state index in [0.29, 0.717) is 13.1 Å². The molecule has 4 heteroatoms. The minimum Gasteiger partial charge on any atom is -0.497 e. The van der Waals surface area contributed by atoms with Gasteiger partial charge >= 0.3 is 0 Å². The summed E-state index contributed by atoms with van der Waals surface area (Å²) in [5.74, 6) is 0.857. The Balaban J connectivity index is 1.55. The predicted molar refractivity (Wildman–Crippen MR) is 110 cm³/mol. The SMILES string of the molecule is COc1ccc(CN(C)CC(=O)N[C@H](C)c2ccc3ccccc3c2)cc1. The monoisotopic (exact) mass is 362 g/mol. The quantitative estimate of drug-likeness (QED) is 0.686. The van der Waals surface area contributed by atoms with E-state index in [4.69, 9.17) is 4.74 Å². The molecule has 1 N–H and O–H groups in total. The summed E-state index contributed by atoms with van der Waals surface area (Å²) < 4.78 is 5.17. The Bertz CT molecular complexity index is 906. The molecular weight excluding hydrogens is 336 g/mol. The number of amides is 1. The molecule has 1 amide bonds. The van der Waals surface area contributed by atoms with E-state index >= 15 is 0 Å². The molecule has 3 aromatic carbocycles. The van der Waals surface area contributed by atoms with Crippen LogP contribution in [0.15, 0.2) is 66.7 Å². The van der Waals surface area contributed by atoms with Crippen molar-refractivity contribution in [3.05, 3.63) is 77.9 Å². The third-order valence-corrected chi connectivity index (χ3v) is 4.68. The highest BCUT2D eigenvalue weighted by atomic mass is 16.5. The fourth-order valence-corrected chi connectivity index (χ4v) is 3.19. The van der Waals surface area contributed by atoms with E-state index in [-0.39, 0.29) is 11.9 Å². The van der Waals surface area contributed by atoms with Crippen LogP contribution >= 0.6 is 0 Å². The van der Waals surface area contributed by atoms with Gasteiger partial charge in [0.2, 0.25) is 5.91 Å². The molecule has 0 radical (unpaired) electrons. The van der Waals surface area contributed by atoms with Crippen LogP contribution in [0.3, 0.4) is 0 Å². The van der Waals surface area contributed by atoms with E-state index in [1.54, 1.807) is 7.11 Å². The van der Waals surface area contributed by atoms with Crippen LogP contribution in [0.2, 0.25) is 0 Å². The molecule has 0 bridgehead atoms. The first-order chi connectivity index (χ1) is 13.0. The van der Waals surface area contributed by atoms with Crippen LogP contribution in [-0.4, -0.2) is 31.5 Å². The normalized spacial score (nSPS) is 12.1. The summed E-state index contributed by atoms with van der Waals surface area (Å²) in [6.45, 7) is 3.08. The van der Waals surface area contributed by atoms with Gasteiger partial charge in [0.05, 0.1) is 19.7 Å². The van der Waals surface area contributed by atoms with Crippen LogP contribution in [0.5, 0.6) is 5.75 Å². The number of likely N-dealkylation sites (N-methyl/N-ethyl adjacent to an activating group) is 1. The minimum absolute atomic E-state index is 0.0201. The molecule has 0 saturated carbocycles. The molecule has 0 saturated heterocycles. The molecule has 0 heterocycles. The molecule has 140 valence electrons. The first kappa shape index (κ1) is 18.9. The lowest BCUT2D eigenvalue weighted by Gasteiger charge is -2.19. The van der Waals surface area contributed by atoms with Gasteiger partial charge in [0.25, 0.3) is 0 Å². The first-order valence-electron chi connectivity index (χ1n) is 9.14. The number of carbonyl (C=O) groups is 1. The van der Waals surface area contributed by atoms with Gasteiger partial charge in [-0.2, -0.15) is 0 Å². The summed E-state index contributed by atoms with van der Waals surface area (Å²) in [6, 6.07) is 22.4. The van der Waals surface area contributed by atoms with E-state index in [1.807, 2.05) is 55.3 Å². The van der Waals surface area contributed by atoms with Crippen molar-refractivity contribution < 1.29 is 9.53 Å². The van der Waals surface area contributed by atoms with Crippen molar-refractivity contribution in [2.75, 3.05) is 20.7 Å². The molecule has 0 aromatic heterocycles. The van der Waals surface area contributed by atoms with Crippen molar-refractivity contribution in [3.8, 4) is 5.75 Å². The Morgan fingerprint density at radius 3 is 2.44 bits per heavy atom. The summed E-state index contributed by atoms with van der Waals surface area (Å²) in [5, 5.41) is 5.49. The highest BCUT2D eigenvalue weighted by Gasteiger charge is 2.12. The molecule has 3 rings (SSSR count). The Morgan fingerprint density at radius 1 is 1.04 bits per heavy atom. The smallest absolute Gasteiger partial charge is 0.234 e. The second-order valence-electron chi connectivity index (χ2n) is 6.92. The van der Waals surface area contributed by atoms with Crippen LogP contribution in [-0.2, 0) is 11.3 Å². The average Bonchev–Trinajstić information content (AvgIpc) is 2.68. The third-order valence-electron chi connectivity index (χ3n) is 4.68. The average molecular weight is 362 g/mol. The second kappa shape index (κ2) is 8.69. The Labute approximate surface area is 160 Å². The van der Waals surface area contributed by atoms with Gasteiger partial charge in [0, 0.05) is 6.54 Å². The predicted octanol–water partition coefficient (Wildman–Crippen LogP) is 4.16. The molecule has 0 unspecified atom stereocenters. The summed E-state index contributed by atoms with van der Waals surface area (Å²) >= 11 is 0. The lowest BCUT2D eigenvalue weighted by atomic mass is 10.0. The van der Waals surface area contributed by atoms with Gasteiger partial charge in [-0.25, -0.2) is 0 Å². The van der Waals surface area contributed by atoms with Crippen LogP contribution in [0.25, 0.3) is 10.8 Å². The summed E-state index contributed by atoms with van der Waals surface area (Å²) in [6.07, 6.45) is 0. The van der Waals surface area contributed by atoms with Gasteiger partial charge in [-0.3, -0.25) is 9.69 Å². The van der Waals surface area contributed by atoms with E-state index in [9.17, 15) is 4.79 Å². The lowest BCUT2D eigenvalue weighted by Crippen LogP contribution is -2.36. The third kappa shape index (κ3) is 5.08. The summed E-state index contributed by atoms with van der Waals surface area (Å²) in [7, 11) is 3.60. The van der Waals surface area contributed by atoms with E-state index in [1.165, 1.54) is 10.8 Å². The van der Waals surface area contributed by atoms with Crippen LogP contribution in [0.4, 0.5) is 0 Å². The molecule has 0 aliphatic rings. The molecule has 4 nitrogen and oxygen atoms in total. The van der Waals surface area contributed by atoms with Gasteiger partial charge in [-0.15, -0.1) is 0 Å². The van der Waals surface area contributed by atoms with Gasteiger partial charge in [-0.1, -0.05) is 48.5 Å². The van der Waals surface area contributed by atoms with Crippen LogP contribution in [0, 0.1) is 0 Å². The van der Waals surface area contributed by atoms with Crippen LogP contribution in [0.1, 0.15) is 24.1 Å². The van der Waals surface area contributed by atoms with Crippen molar-refractivity contribution in [1.29, 1.82) is 0 Å². The number of carbonyl (C=O) groups excluding carboxylic acids is 1. The van der Waals surface area contributed by atoms with E-state index < -0.39 is 0 Å². The molecule has 27 heavy (non-hydrogen) atoms. The van der Waals surface area contributed by atoms with Crippen molar-refractivity contribution in [2.24, 2.45) is 0 Å². The number of benzene rings is 3. The highest BCUT2D eigenvalue weighted by Crippen LogP contribution is 2.20. The fraction of sp³-hybridized carbons (Fsp3) is 0.261. The number of hydrogen-bond donors (Lipinski definition) is 1. The Morgan fingerprint density at radius 2 is 1.74 bits per heavy atom. The van der Waals surface area contributed by atoms with Gasteiger partial charge in [-0.05, 0) is 54.1 Å². The van der Waals surface area contributed by atoms with Crippen LogP contribution < -0.4 is 10.1 Å². The van der Waals surface area contributed by atoms with Gasteiger partial charge < -0.3 is 10.1 Å². The zero-order valence-electron chi connectivity index (χ0n) is 16.1. The number of methoxy groups -OCH3 is 1. The molecule has 1 atom stereocenters. The van der Waals surface area contributed by atoms with Crippen molar-refractivity contribution in [2.45, 2.75) is 19.5 Å². The minimum atomic E-state index is -0.0310. The van der Waals surface area contributed by atoms with Gasteiger partial charge in [0.15, 0.2) is 0 Å². The molecular formula is C23H26N2O2. The Hall–Kier alpha value is -2.85.